The largest absolute Gasteiger partial charge is 0.411 e. The summed E-state index contributed by atoms with van der Waals surface area (Å²) in [5.41, 5.74) is 12.4. The van der Waals surface area contributed by atoms with Gasteiger partial charge in [-0.25, -0.2) is 9.48 Å². The Balaban J connectivity index is 1.56. The Morgan fingerprint density at radius 2 is 1.82 bits per heavy atom. The van der Waals surface area contributed by atoms with Crippen LogP contribution in [0.25, 0.3) is 22.4 Å². The number of halogens is 1. The van der Waals surface area contributed by atoms with Gasteiger partial charge in [0, 0.05) is 22.8 Å². The van der Waals surface area contributed by atoms with Crippen molar-refractivity contribution in [2.75, 3.05) is 5.32 Å². The van der Waals surface area contributed by atoms with Gasteiger partial charge in [0.2, 0.25) is 0 Å². The third-order valence-corrected chi connectivity index (χ3v) is 6.06. The summed E-state index contributed by atoms with van der Waals surface area (Å²) in [5.74, 6) is 0.411. The van der Waals surface area contributed by atoms with E-state index in [1.54, 1.807) is 12.1 Å². The summed E-state index contributed by atoms with van der Waals surface area (Å²) in [6.45, 7) is 2.74. The number of amides is 1. The molecule has 1 unspecified atom stereocenters. The second-order valence-corrected chi connectivity index (χ2v) is 8.42. The van der Waals surface area contributed by atoms with Crippen molar-refractivity contribution in [3.8, 4) is 28.1 Å². The first kappa shape index (κ1) is 21.0. The quantitative estimate of drug-likeness (QED) is 0.415. The van der Waals surface area contributed by atoms with Crippen molar-refractivity contribution < 1.29 is 9.53 Å². The third-order valence-electron chi connectivity index (χ3n) is 5.81. The number of rotatable bonds is 4. The first-order valence-electron chi connectivity index (χ1n) is 10.6. The second kappa shape index (κ2) is 8.60. The van der Waals surface area contributed by atoms with E-state index in [9.17, 15) is 4.79 Å². The molecule has 0 spiro atoms. The van der Waals surface area contributed by atoms with Crippen molar-refractivity contribution in [1.29, 1.82) is 0 Å². The number of anilines is 1. The van der Waals surface area contributed by atoms with Crippen LogP contribution in [0, 0.1) is 6.92 Å². The fourth-order valence-corrected chi connectivity index (χ4v) is 4.40. The van der Waals surface area contributed by atoms with Gasteiger partial charge in [0.1, 0.15) is 5.75 Å². The summed E-state index contributed by atoms with van der Waals surface area (Å²) in [6, 6.07) is 21.5. The number of fused-ring (bicyclic) bond motifs is 3. The molecule has 33 heavy (non-hydrogen) atoms. The van der Waals surface area contributed by atoms with Gasteiger partial charge in [0.05, 0.1) is 17.4 Å². The van der Waals surface area contributed by atoms with Gasteiger partial charge in [-0.3, -0.25) is 0 Å². The molecule has 5 rings (SSSR count). The third kappa shape index (κ3) is 4.27. The zero-order chi connectivity index (χ0) is 22.9. The number of hydrogen-bond donors (Lipinski definition) is 2. The van der Waals surface area contributed by atoms with E-state index < -0.39 is 6.09 Å². The molecule has 1 aromatic heterocycles. The lowest BCUT2D eigenvalue weighted by atomic mass is 9.92. The number of ether oxygens (including phenoxy) is 1. The Morgan fingerprint density at radius 3 is 2.55 bits per heavy atom. The zero-order valence-electron chi connectivity index (χ0n) is 18.0. The fraction of sp³-hybridized carbons (Fsp3) is 0.160. The van der Waals surface area contributed by atoms with E-state index in [2.05, 4.69) is 33.8 Å². The summed E-state index contributed by atoms with van der Waals surface area (Å²) in [4.78, 5) is 11.0. The Morgan fingerprint density at radius 1 is 1.09 bits per heavy atom. The van der Waals surface area contributed by atoms with Crippen LogP contribution in [0.5, 0.6) is 5.75 Å². The minimum atomic E-state index is -0.829. The number of aryl methyl sites for hydroxylation is 2. The highest BCUT2D eigenvalue weighted by molar-refractivity contribution is 6.30. The lowest BCUT2D eigenvalue weighted by Gasteiger charge is -2.21. The summed E-state index contributed by atoms with van der Waals surface area (Å²) in [7, 11) is 0. The smallest absolute Gasteiger partial charge is 0.409 e. The summed E-state index contributed by atoms with van der Waals surface area (Å²) >= 11 is 6.07. The molecule has 0 saturated carbocycles. The molecule has 3 aromatic carbocycles. The molecule has 0 saturated heterocycles. The summed E-state index contributed by atoms with van der Waals surface area (Å²) in [6.07, 6.45) is 0.0183. The molecule has 1 amide bonds. The predicted molar refractivity (Wildman–Crippen MR) is 128 cm³/mol. The normalized spacial score (nSPS) is 14.7. The number of nitrogens with two attached hydrogens (primary N) is 1. The van der Waals surface area contributed by atoms with Crippen LogP contribution in [0.15, 0.2) is 66.7 Å². The Kier molecular flexibility index (Phi) is 5.48. The van der Waals surface area contributed by atoms with Crippen molar-refractivity contribution in [3.63, 3.8) is 0 Å². The number of primary amides is 1. The highest BCUT2D eigenvalue weighted by Gasteiger charge is 2.25. The van der Waals surface area contributed by atoms with Crippen LogP contribution in [-0.2, 0) is 6.54 Å². The SMILES string of the molecule is Cc1nnn2c1-c1ccc(-c3ccc(OC(N)=O)cc3)cc1C(Nc1ccc(Cl)cc1)CC2. The Hall–Kier alpha value is -3.84. The average molecular weight is 460 g/mol. The van der Waals surface area contributed by atoms with Crippen molar-refractivity contribution in [2.45, 2.75) is 25.9 Å². The number of carbonyl (C=O) groups is 1. The molecule has 3 N–H and O–H groups in total. The van der Waals surface area contributed by atoms with Crippen LogP contribution in [0.3, 0.4) is 0 Å². The minimum Gasteiger partial charge on any atom is -0.411 e. The van der Waals surface area contributed by atoms with Crippen LogP contribution in [0.2, 0.25) is 5.02 Å². The molecular formula is C25H22ClN5O2. The maximum Gasteiger partial charge on any atom is 0.409 e. The van der Waals surface area contributed by atoms with E-state index in [0.717, 1.165) is 46.7 Å². The number of benzene rings is 3. The van der Waals surface area contributed by atoms with Gasteiger partial charge in [0.15, 0.2) is 0 Å². The molecule has 0 radical (unpaired) electrons. The second-order valence-electron chi connectivity index (χ2n) is 7.99. The number of nitrogens with zero attached hydrogens (tertiary/aromatic N) is 3. The van der Waals surface area contributed by atoms with Crippen LogP contribution in [-0.4, -0.2) is 21.1 Å². The molecule has 0 fully saturated rings. The van der Waals surface area contributed by atoms with E-state index >= 15 is 0 Å². The van der Waals surface area contributed by atoms with Crippen molar-refractivity contribution >= 4 is 23.4 Å². The number of hydrogen-bond acceptors (Lipinski definition) is 5. The Labute approximate surface area is 196 Å². The van der Waals surface area contributed by atoms with Gasteiger partial charge in [-0.1, -0.05) is 41.1 Å². The standard InChI is InChI=1S/C25H22ClN5O2/c1-15-24-21-11-4-17(16-2-9-20(10-3-16)33-25(27)32)14-22(21)23(12-13-31(24)30-29-15)28-19-7-5-18(26)6-8-19/h2-11,14,23,28H,12-13H2,1H3,(H2,27,32). The highest BCUT2D eigenvalue weighted by atomic mass is 35.5. The molecule has 0 bridgehead atoms. The van der Waals surface area contributed by atoms with Crippen LogP contribution in [0.4, 0.5) is 10.5 Å². The minimum absolute atomic E-state index is 0.0692. The molecule has 4 aromatic rings. The van der Waals surface area contributed by atoms with Gasteiger partial charge in [-0.15, -0.1) is 5.10 Å². The maximum absolute atomic E-state index is 11.0. The van der Waals surface area contributed by atoms with E-state index in [1.807, 2.05) is 48.0 Å². The zero-order valence-corrected chi connectivity index (χ0v) is 18.7. The molecular weight excluding hydrogens is 438 g/mol. The summed E-state index contributed by atoms with van der Waals surface area (Å²) in [5, 5.41) is 13.0. The van der Waals surface area contributed by atoms with E-state index in [1.165, 1.54) is 5.56 Å². The van der Waals surface area contributed by atoms with E-state index in [4.69, 9.17) is 22.1 Å². The van der Waals surface area contributed by atoms with Crippen molar-refractivity contribution in [2.24, 2.45) is 5.73 Å². The lowest BCUT2D eigenvalue weighted by molar-refractivity contribution is 0.211. The number of nitrogens with one attached hydrogen (secondary N) is 1. The van der Waals surface area contributed by atoms with E-state index in [0.29, 0.717) is 10.8 Å². The lowest BCUT2D eigenvalue weighted by Crippen LogP contribution is -2.16. The average Bonchev–Trinajstić information content (AvgIpc) is 3.10. The molecule has 166 valence electrons. The molecule has 8 heteroatoms. The Bertz CT molecular complexity index is 1320. The van der Waals surface area contributed by atoms with Gasteiger partial charge < -0.3 is 15.8 Å². The molecule has 1 atom stereocenters. The topological polar surface area (TPSA) is 95.1 Å². The summed E-state index contributed by atoms with van der Waals surface area (Å²) < 4.78 is 6.93. The molecule has 0 aliphatic carbocycles. The van der Waals surface area contributed by atoms with Crippen LogP contribution in [0.1, 0.15) is 23.7 Å². The number of carbonyl (C=O) groups excluding carboxylic acids is 1. The van der Waals surface area contributed by atoms with Crippen LogP contribution >= 0.6 is 11.6 Å². The maximum atomic E-state index is 11.0. The number of aromatic nitrogens is 3. The monoisotopic (exact) mass is 459 g/mol. The first-order chi connectivity index (χ1) is 16.0. The highest BCUT2D eigenvalue weighted by Crippen LogP contribution is 2.39. The van der Waals surface area contributed by atoms with Crippen LogP contribution < -0.4 is 15.8 Å². The van der Waals surface area contributed by atoms with Gasteiger partial charge in [0.25, 0.3) is 0 Å². The molecule has 1 aliphatic rings. The molecule has 2 heterocycles. The molecule has 1 aliphatic heterocycles. The van der Waals surface area contributed by atoms with Gasteiger partial charge in [-0.05, 0) is 72.5 Å². The first-order valence-corrected chi connectivity index (χ1v) is 11.0. The van der Waals surface area contributed by atoms with Crippen molar-refractivity contribution in [1.82, 2.24) is 15.0 Å². The molecule has 7 nitrogen and oxygen atoms in total. The predicted octanol–water partition coefficient (Wildman–Crippen LogP) is 5.59. The fourth-order valence-electron chi connectivity index (χ4n) is 4.27. The van der Waals surface area contributed by atoms with Crippen molar-refractivity contribution in [3.05, 3.63) is 83.0 Å². The van der Waals surface area contributed by atoms with Gasteiger partial charge >= 0.3 is 6.09 Å². The van der Waals surface area contributed by atoms with E-state index in [-0.39, 0.29) is 6.04 Å². The van der Waals surface area contributed by atoms with Gasteiger partial charge in [-0.2, -0.15) is 0 Å².